The predicted octanol–water partition coefficient (Wildman–Crippen LogP) is 3.94. The van der Waals surface area contributed by atoms with Gasteiger partial charge in [0.15, 0.2) is 0 Å². The highest BCUT2D eigenvalue weighted by molar-refractivity contribution is 5.81. The smallest absolute Gasteiger partial charge is 0.123 e. The number of rotatable bonds is 5. The van der Waals surface area contributed by atoms with Gasteiger partial charge >= 0.3 is 0 Å². The second kappa shape index (κ2) is 6.10. The highest BCUT2D eigenvalue weighted by atomic mass is 19.1. The molecule has 0 aliphatic heterocycles. The Kier molecular flexibility index (Phi) is 4.02. The van der Waals surface area contributed by atoms with Crippen LogP contribution in [0, 0.1) is 5.82 Å². The standard InChI is InChI=1S/C18H19FN2/c1-2-20-12-14-6-7-18-16(10-14)8-9-21(18)13-15-4-3-5-17(19)11-15/h3-11,20H,2,12-13H2,1H3. The average molecular weight is 282 g/mol. The van der Waals surface area contributed by atoms with Crippen molar-refractivity contribution in [2.75, 3.05) is 6.54 Å². The lowest BCUT2D eigenvalue weighted by atomic mass is 10.1. The van der Waals surface area contributed by atoms with Crippen LogP contribution in [-0.4, -0.2) is 11.1 Å². The first kappa shape index (κ1) is 13.8. The molecule has 0 aliphatic rings. The summed E-state index contributed by atoms with van der Waals surface area (Å²) in [5, 5.41) is 4.56. The molecule has 3 heteroatoms. The lowest BCUT2D eigenvalue weighted by Gasteiger charge is -2.07. The fourth-order valence-corrected chi connectivity index (χ4v) is 2.60. The maximum Gasteiger partial charge on any atom is 0.123 e. The normalized spacial score (nSPS) is 11.1. The number of hydrogen-bond acceptors (Lipinski definition) is 1. The SMILES string of the molecule is CCNCc1ccc2c(ccn2Cc2cccc(F)c2)c1. The number of benzene rings is 2. The first-order valence-electron chi connectivity index (χ1n) is 7.29. The first-order chi connectivity index (χ1) is 10.3. The van der Waals surface area contributed by atoms with Crippen LogP contribution in [0.4, 0.5) is 4.39 Å². The highest BCUT2D eigenvalue weighted by Gasteiger charge is 2.04. The third-order valence-corrected chi connectivity index (χ3v) is 3.66. The molecule has 1 N–H and O–H groups in total. The van der Waals surface area contributed by atoms with E-state index in [1.165, 1.54) is 22.5 Å². The summed E-state index contributed by atoms with van der Waals surface area (Å²) in [6.45, 7) is 4.65. The van der Waals surface area contributed by atoms with Crippen LogP contribution in [0.2, 0.25) is 0 Å². The van der Waals surface area contributed by atoms with Gasteiger partial charge in [0, 0.05) is 24.8 Å². The van der Waals surface area contributed by atoms with Crippen molar-refractivity contribution >= 4 is 10.9 Å². The van der Waals surface area contributed by atoms with Gasteiger partial charge in [0.2, 0.25) is 0 Å². The zero-order valence-corrected chi connectivity index (χ0v) is 12.1. The fraction of sp³-hybridized carbons (Fsp3) is 0.222. The van der Waals surface area contributed by atoms with E-state index in [9.17, 15) is 4.39 Å². The summed E-state index contributed by atoms with van der Waals surface area (Å²) >= 11 is 0. The Morgan fingerprint density at radius 3 is 2.76 bits per heavy atom. The molecule has 0 unspecified atom stereocenters. The van der Waals surface area contributed by atoms with E-state index in [1.54, 1.807) is 12.1 Å². The van der Waals surface area contributed by atoms with Crippen molar-refractivity contribution in [3.8, 4) is 0 Å². The molecule has 0 spiro atoms. The molecule has 0 bridgehead atoms. The second-order valence-corrected chi connectivity index (χ2v) is 5.25. The van der Waals surface area contributed by atoms with Crippen molar-refractivity contribution in [2.45, 2.75) is 20.0 Å². The predicted molar refractivity (Wildman–Crippen MR) is 84.8 cm³/mol. The van der Waals surface area contributed by atoms with Crippen LogP contribution < -0.4 is 5.32 Å². The minimum atomic E-state index is -0.183. The Balaban J connectivity index is 1.86. The van der Waals surface area contributed by atoms with Gasteiger partial charge in [-0.2, -0.15) is 0 Å². The van der Waals surface area contributed by atoms with Gasteiger partial charge in [-0.1, -0.05) is 25.1 Å². The number of hydrogen-bond donors (Lipinski definition) is 1. The summed E-state index contributed by atoms with van der Waals surface area (Å²) in [6, 6.07) is 15.4. The van der Waals surface area contributed by atoms with Crippen LogP contribution in [0.25, 0.3) is 10.9 Å². The Labute approximate surface area is 124 Å². The third kappa shape index (κ3) is 3.14. The quantitative estimate of drug-likeness (QED) is 0.750. The Bertz CT molecular complexity index is 746. The summed E-state index contributed by atoms with van der Waals surface area (Å²) in [4.78, 5) is 0. The van der Waals surface area contributed by atoms with Gasteiger partial charge in [-0.25, -0.2) is 4.39 Å². The zero-order valence-electron chi connectivity index (χ0n) is 12.1. The van der Waals surface area contributed by atoms with Crippen LogP contribution in [0.3, 0.4) is 0 Å². The van der Waals surface area contributed by atoms with E-state index in [1.807, 2.05) is 6.07 Å². The molecule has 0 amide bonds. The van der Waals surface area contributed by atoms with Gasteiger partial charge in [-0.05, 0) is 53.4 Å². The maximum absolute atomic E-state index is 13.3. The van der Waals surface area contributed by atoms with Gasteiger partial charge in [0.1, 0.15) is 5.82 Å². The number of nitrogens with one attached hydrogen (secondary N) is 1. The summed E-state index contributed by atoms with van der Waals surface area (Å²) in [5.41, 5.74) is 3.44. The molecule has 3 rings (SSSR count). The van der Waals surface area contributed by atoms with E-state index in [2.05, 4.69) is 47.3 Å². The average Bonchev–Trinajstić information content (AvgIpc) is 2.87. The Hall–Kier alpha value is -2.13. The van der Waals surface area contributed by atoms with Gasteiger partial charge in [0.05, 0.1) is 0 Å². The van der Waals surface area contributed by atoms with Crippen LogP contribution in [0.15, 0.2) is 54.7 Å². The molecule has 0 saturated carbocycles. The zero-order chi connectivity index (χ0) is 14.7. The maximum atomic E-state index is 13.3. The molecule has 0 saturated heterocycles. The number of fused-ring (bicyclic) bond motifs is 1. The van der Waals surface area contributed by atoms with E-state index in [-0.39, 0.29) is 5.82 Å². The number of nitrogens with zero attached hydrogens (tertiary/aromatic N) is 1. The monoisotopic (exact) mass is 282 g/mol. The first-order valence-corrected chi connectivity index (χ1v) is 7.29. The van der Waals surface area contributed by atoms with Gasteiger partial charge in [-0.3, -0.25) is 0 Å². The van der Waals surface area contributed by atoms with Gasteiger partial charge in [-0.15, -0.1) is 0 Å². The van der Waals surface area contributed by atoms with Gasteiger partial charge < -0.3 is 9.88 Å². The van der Waals surface area contributed by atoms with Crippen LogP contribution in [0.5, 0.6) is 0 Å². The molecule has 108 valence electrons. The molecule has 2 nitrogen and oxygen atoms in total. The van der Waals surface area contributed by atoms with E-state index >= 15 is 0 Å². The van der Waals surface area contributed by atoms with Crippen molar-refractivity contribution in [3.05, 3.63) is 71.7 Å². The Morgan fingerprint density at radius 2 is 1.95 bits per heavy atom. The van der Waals surface area contributed by atoms with E-state index in [4.69, 9.17) is 0 Å². The van der Waals surface area contributed by atoms with E-state index in [0.29, 0.717) is 6.54 Å². The summed E-state index contributed by atoms with van der Waals surface area (Å²) in [5.74, 6) is -0.183. The molecular formula is C18H19FN2. The molecule has 0 aliphatic carbocycles. The van der Waals surface area contributed by atoms with Crippen LogP contribution in [-0.2, 0) is 13.1 Å². The summed E-state index contributed by atoms with van der Waals surface area (Å²) in [6.07, 6.45) is 2.06. The molecule has 3 aromatic rings. The fourth-order valence-electron chi connectivity index (χ4n) is 2.60. The second-order valence-electron chi connectivity index (χ2n) is 5.25. The molecule has 0 atom stereocenters. The van der Waals surface area contributed by atoms with Crippen molar-refractivity contribution in [3.63, 3.8) is 0 Å². The lowest BCUT2D eigenvalue weighted by Crippen LogP contribution is -2.11. The van der Waals surface area contributed by atoms with Crippen molar-refractivity contribution in [1.29, 1.82) is 0 Å². The topological polar surface area (TPSA) is 17.0 Å². The van der Waals surface area contributed by atoms with Gasteiger partial charge in [0.25, 0.3) is 0 Å². The minimum absolute atomic E-state index is 0.183. The molecular weight excluding hydrogens is 263 g/mol. The van der Waals surface area contributed by atoms with E-state index < -0.39 is 0 Å². The molecule has 21 heavy (non-hydrogen) atoms. The number of aromatic nitrogens is 1. The largest absolute Gasteiger partial charge is 0.343 e. The van der Waals surface area contributed by atoms with Crippen LogP contribution >= 0.6 is 0 Å². The Morgan fingerprint density at radius 1 is 1.05 bits per heavy atom. The molecule has 1 heterocycles. The molecule has 1 aromatic heterocycles. The molecule has 0 fully saturated rings. The van der Waals surface area contributed by atoms with E-state index in [0.717, 1.165) is 18.7 Å². The third-order valence-electron chi connectivity index (χ3n) is 3.66. The minimum Gasteiger partial charge on any atom is -0.343 e. The summed E-state index contributed by atoms with van der Waals surface area (Å²) in [7, 11) is 0. The molecule has 2 aromatic carbocycles. The van der Waals surface area contributed by atoms with Crippen LogP contribution in [0.1, 0.15) is 18.1 Å². The lowest BCUT2D eigenvalue weighted by molar-refractivity contribution is 0.624. The van der Waals surface area contributed by atoms with Crippen molar-refractivity contribution in [2.24, 2.45) is 0 Å². The van der Waals surface area contributed by atoms with Crippen molar-refractivity contribution < 1.29 is 4.39 Å². The highest BCUT2D eigenvalue weighted by Crippen LogP contribution is 2.19. The van der Waals surface area contributed by atoms with Crippen molar-refractivity contribution in [1.82, 2.24) is 9.88 Å². The summed E-state index contributed by atoms with van der Waals surface area (Å²) < 4.78 is 15.4. The molecule has 0 radical (unpaired) electrons. The number of halogens is 1.